The first-order chi connectivity index (χ1) is 13.9. The maximum Gasteiger partial charge on any atom is 0.410 e. The Hall–Kier alpha value is -1.99. The molecule has 168 valence electrons. The van der Waals surface area contributed by atoms with Gasteiger partial charge in [-0.2, -0.15) is 0 Å². The lowest BCUT2D eigenvalue weighted by Gasteiger charge is -2.58. The summed E-state index contributed by atoms with van der Waals surface area (Å²) in [5, 5.41) is 2.91. The number of hydrogen-bond acceptors (Lipinski definition) is 5. The van der Waals surface area contributed by atoms with Crippen LogP contribution >= 0.6 is 0 Å². The number of carbonyl (C=O) groups excluding carboxylic acids is 3. The molecular formula is C22H35N3O5. The quantitative estimate of drug-likeness (QED) is 0.728. The van der Waals surface area contributed by atoms with Gasteiger partial charge in [-0.3, -0.25) is 4.79 Å². The average Bonchev–Trinajstić information content (AvgIpc) is 2.97. The number of ether oxygens (including phenoxy) is 2. The molecule has 0 spiro atoms. The summed E-state index contributed by atoms with van der Waals surface area (Å²) in [6.45, 7) is 8.30. The fourth-order valence-electron chi connectivity index (χ4n) is 6.43. The van der Waals surface area contributed by atoms with Crippen molar-refractivity contribution in [3.63, 3.8) is 0 Å². The van der Waals surface area contributed by atoms with Crippen LogP contribution in [0.15, 0.2) is 0 Å². The van der Waals surface area contributed by atoms with Gasteiger partial charge < -0.3 is 25.4 Å². The molecule has 0 aromatic rings. The Kier molecular flexibility index (Phi) is 4.97. The lowest BCUT2D eigenvalue weighted by Crippen LogP contribution is -2.59. The first-order valence-electron chi connectivity index (χ1n) is 11.1. The third-order valence-corrected chi connectivity index (χ3v) is 7.48. The van der Waals surface area contributed by atoms with Crippen molar-refractivity contribution in [2.75, 3.05) is 13.1 Å². The molecule has 4 aliphatic carbocycles. The maximum absolute atomic E-state index is 12.9. The zero-order valence-electron chi connectivity index (χ0n) is 18.5. The van der Waals surface area contributed by atoms with Crippen molar-refractivity contribution in [2.24, 2.45) is 28.9 Å². The van der Waals surface area contributed by atoms with Crippen LogP contribution in [0.3, 0.4) is 0 Å². The van der Waals surface area contributed by atoms with Gasteiger partial charge in [-0.05, 0) is 84.0 Å². The number of primary amides is 1. The predicted octanol–water partition coefficient (Wildman–Crippen LogP) is 2.79. The summed E-state index contributed by atoms with van der Waals surface area (Å²) >= 11 is 0. The molecule has 3 N–H and O–H groups in total. The highest BCUT2D eigenvalue weighted by Crippen LogP contribution is 2.60. The molecule has 0 aromatic carbocycles. The number of rotatable bonds is 3. The Bertz CT molecular complexity index is 732. The van der Waals surface area contributed by atoms with Crippen LogP contribution in [-0.4, -0.2) is 53.3 Å². The second kappa shape index (κ2) is 7.02. The van der Waals surface area contributed by atoms with Crippen LogP contribution in [0, 0.1) is 23.2 Å². The van der Waals surface area contributed by atoms with Gasteiger partial charge in [-0.1, -0.05) is 0 Å². The SMILES string of the molecule is CC1(NC(=O)OC(C)(C)C)CCN(C(=O)OC2C3CC4C[C@H]2CC(C(N)=O)(C4)C3)C1. The van der Waals surface area contributed by atoms with Gasteiger partial charge in [0.2, 0.25) is 5.91 Å². The lowest BCUT2D eigenvalue weighted by molar-refractivity contribution is -0.161. The standard InChI is InChI=1S/C22H35N3O5/c1-20(2,3)30-18(27)24-21(4)5-6-25(12-21)19(28)29-16-14-7-13-8-15(16)11-22(9-13,10-14)17(23)26/h13-16H,5-12H2,1-4H3,(H2,23,26)(H,24,27)/t13?,14-,15?,16?,21?,22?/m0/s1. The summed E-state index contributed by atoms with van der Waals surface area (Å²) in [7, 11) is 0. The minimum atomic E-state index is -0.570. The number of hydrogen-bond donors (Lipinski definition) is 2. The van der Waals surface area contributed by atoms with Gasteiger partial charge in [0.25, 0.3) is 0 Å². The van der Waals surface area contributed by atoms with E-state index in [2.05, 4.69) is 5.32 Å². The highest BCUT2D eigenvalue weighted by molar-refractivity contribution is 5.81. The van der Waals surface area contributed by atoms with Crippen molar-refractivity contribution in [3.8, 4) is 0 Å². The molecule has 5 fully saturated rings. The summed E-state index contributed by atoms with van der Waals surface area (Å²) in [5.74, 6) is 0.788. The summed E-state index contributed by atoms with van der Waals surface area (Å²) < 4.78 is 11.4. The molecule has 8 nitrogen and oxygen atoms in total. The minimum Gasteiger partial charge on any atom is -0.446 e. The van der Waals surface area contributed by atoms with E-state index in [0.29, 0.717) is 25.4 Å². The largest absolute Gasteiger partial charge is 0.446 e. The van der Waals surface area contributed by atoms with Crippen LogP contribution in [-0.2, 0) is 14.3 Å². The van der Waals surface area contributed by atoms with Crippen molar-refractivity contribution in [1.29, 1.82) is 0 Å². The smallest absolute Gasteiger partial charge is 0.410 e. The van der Waals surface area contributed by atoms with E-state index < -0.39 is 17.2 Å². The Balaban J connectivity index is 1.34. The normalized spacial score (nSPS) is 39.7. The van der Waals surface area contributed by atoms with Gasteiger partial charge in [-0.15, -0.1) is 0 Å². The van der Waals surface area contributed by atoms with Crippen LogP contribution in [0.5, 0.6) is 0 Å². The van der Waals surface area contributed by atoms with E-state index in [1.807, 2.05) is 27.7 Å². The van der Waals surface area contributed by atoms with Crippen molar-refractivity contribution < 1.29 is 23.9 Å². The summed E-state index contributed by atoms with van der Waals surface area (Å²) in [6.07, 6.45) is 4.13. The van der Waals surface area contributed by atoms with Gasteiger partial charge >= 0.3 is 12.2 Å². The molecule has 1 aliphatic heterocycles. The van der Waals surface area contributed by atoms with E-state index >= 15 is 0 Å². The Morgan fingerprint density at radius 2 is 1.73 bits per heavy atom. The molecule has 5 rings (SSSR count). The molecule has 1 saturated heterocycles. The molecule has 5 aliphatic rings. The predicted molar refractivity (Wildman–Crippen MR) is 109 cm³/mol. The van der Waals surface area contributed by atoms with Crippen LogP contribution in [0.1, 0.15) is 66.2 Å². The molecule has 0 aromatic heterocycles. The molecule has 4 bridgehead atoms. The van der Waals surface area contributed by atoms with Gasteiger partial charge in [0.15, 0.2) is 0 Å². The highest BCUT2D eigenvalue weighted by atomic mass is 16.6. The minimum absolute atomic E-state index is 0.132. The van der Waals surface area contributed by atoms with E-state index in [1.54, 1.807) is 4.90 Å². The summed E-state index contributed by atoms with van der Waals surface area (Å²) in [4.78, 5) is 38.9. The number of nitrogens with two attached hydrogens (primary N) is 1. The Morgan fingerprint density at radius 1 is 1.10 bits per heavy atom. The van der Waals surface area contributed by atoms with E-state index in [4.69, 9.17) is 15.2 Å². The first-order valence-corrected chi connectivity index (χ1v) is 11.1. The molecule has 6 atom stereocenters. The average molecular weight is 422 g/mol. The van der Waals surface area contributed by atoms with Crippen LogP contribution in [0.4, 0.5) is 9.59 Å². The Labute approximate surface area is 178 Å². The van der Waals surface area contributed by atoms with Crippen molar-refractivity contribution in [3.05, 3.63) is 0 Å². The van der Waals surface area contributed by atoms with E-state index in [1.165, 1.54) is 0 Å². The number of nitrogens with zero attached hydrogens (tertiary/aromatic N) is 1. The first kappa shape index (κ1) is 21.2. The highest BCUT2D eigenvalue weighted by Gasteiger charge is 2.59. The third kappa shape index (κ3) is 3.97. The molecule has 4 saturated carbocycles. The van der Waals surface area contributed by atoms with Crippen molar-refractivity contribution in [1.82, 2.24) is 10.2 Å². The lowest BCUT2D eigenvalue weighted by atomic mass is 9.48. The summed E-state index contributed by atoms with van der Waals surface area (Å²) in [5.41, 5.74) is 4.25. The van der Waals surface area contributed by atoms with E-state index in [9.17, 15) is 14.4 Å². The van der Waals surface area contributed by atoms with E-state index in [0.717, 1.165) is 32.1 Å². The molecule has 30 heavy (non-hydrogen) atoms. The molecule has 8 heteroatoms. The van der Waals surface area contributed by atoms with Gasteiger partial charge in [0.05, 0.1) is 11.0 Å². The molecule has 3 amide bonds. The van der Waals surface area contributed by atoms with E-state index in [-0.39, 0.29) is 35.4 Å². The van der Waals surface area contributed by atoms with Gasteiger partial charge in [0, 0.05) is 13.1 Å². The third-order valence-electron chi connectivity index (χ3n) is 7.48. The number of nitrogens with one attached hydrogen (secondary N) is 1. The Morgan fingerprint density at radius 3 is 2.30 bits per heavy atom. The van der Waals surface area contributed by atoms with Gasteiger partial charge in [0.1, 0.15) is 11.7 Å². The van der Waals surface area contributed by atoms with Crippen LogP contribution < -0.4 is 11.1 Å². The van der Waals surface area contributed by atoms with Crippen molar-refractivity contribution in [2.45, 2.75) is 83.5 Å². The monoisotopic (exact) mass is 421 g/mol. The fraction of sp³-hybridized carbons (Fsp3) is 0.864. The zero-order chi connectivity index (χ0) is 21.9. The second-order valence-electron chi connectivity index (χ2n) is 11.3. The number of alkyl carbamates (subject to hydrolysis) is 1. The molecular weight excluding hydrogens is 386 g/mol. The molecule has 5 unspecified atom stereocenters. The topological polar surface area (TPSA) is 111 Å². The molecule has 1 heterocycles. The van der Waals surface area contributed by atoms with Crippen LogP contribution in [0.25, 0.3) is 0 Å². The number of likely N-dealkylation sites (tertiary alicyclic amines) is 1. The maximum atomic E-state index is 12.9. The summed E-state index contributed by atoms with van der Waals surface area (Å²) in [6, 6.07) is 0. The zero-order valence-corrected chi connectivity index (χ0v) is 18.5. The fourth-order valence-corrected chi connectivity index (χ4v) is 6.43. The number of carbonyl (C=O) groups is 3. The second-order valence-corrected chi connectivity index (χ2v) is 11.3. The van der Waals surface area contributed by atoms with Crippen LogP contribution in [0.2, 0.25) is 0 Å². The number of amides is 3. The van der Waals surface area contributed by atoms with Gasteiger partial charge in [-0.25, -0.2) is 9.59 Å². The molecule has 0 radical (unpaired) electrons. The van der Waals surface area contributed by atoms with Crippen molar-refractivity contribution >= 4 is 18.1 Å².